The van der Waals surface area contributed by atoms with Gasteiger partial charge in [-0.3, -0.25) is 9.69 Å². The molecule has 0 spiro atoms. The molecule has 1 aromatic carbocycles. The second-order valence-corrected chi connectivity index (χ2v) is 7.64. The van der Waals surface area contributed by atoms with Crippen molar-refractivity contribution in [3.63, 3.8) is 0 Å². The van der Waals surface area contributed by atoms with Gasteiger partial charge >= 0.3 is 0 Å². The Bertz CT molecular complexity index is 765. The topological polar surface area (TPSA) is 45.7 Å². The number of halogens is 1. The summed E-state index contributed by atoms with van der Waals surface area (Å²) in [4.78, 5) is 21.5. The lowest BCUT2D eigenvalue weighted by Crippen LogP contribution is -2.51. The summed E-state index contributed by atoms with van der Waals surface area (Å²) in [5.74, 6) is 1.17. The van der Waals surface area contributed by atoms with Crippen LogP contribution in [0, 0.1) is 0 Å². The van der Waals surface area contributed by atoms with Crippen LogP contribution in [0.25, 0.3) is 0 Å². The quantitative estimate of drug-likeness (QED) is 0.790. The first-order valence-electron chi connectivity index (χ1n) is 9.62. The highest BCUT2D eigenvalue weighted by Crippen LogP contribution is 2.25. The maximum atomic E-state index is 12.7. The first-order chi connectivity index (χ1) is 13.2. The Balaban J connectivity index is 1.33. The highest BCUT2D eigenvalue weighted by molar-refractivity contribution is 6.30. The Labute approximate surface area is 164 Å². The summed E-state index contributed by atoms with van der Waals surface area (Å²) in [5.41, 5.74) is 0.604. The second-order valence-electron chi connectivity index (χ2n) is 7.21. The average Bonchev–Trinajstić information content (AvgIpc) is 3.25. The molecule has 1 amide bonds. The molecule has 2 aliphatic rings. The van der Waals surface area contributed by atoms with E-state index in [0.29, 0.717) is 22.2 Å². The van der Waals surface area contributed by atoms with Crippen LogP contribution in [-0.4, -0.2) is 52.9 Å². The fourth-order valence-electron chi connectivity index (χ4n) is 3.93. The number of amides is 1. The molecule has 0 radical (unpaired) electrons. The number of benzene rings is 1. The van der Waals surface area contributed by atoms with E-state index in [1.807, 2.05) is 4.90 Å². The minimum atomic E-state index is 0.0478. The SMILES string of the molecule is O=C(c1ccc(Oc2ccc(Cl)cc2)nc1)N1CCN(C2CCCC2)CC1. The monoisotopic (exact) mass is 385 g/mol. The van der Waals surface area contributed by atoms with E-state index in [4.69, 9.17) is 16.3 Å². The Morgan fingerprint density at radius 3 is 2.33 bits per heavy atom. The maximum absolute atomic E-state index is 12.7. The van der Waals surface area contributed by atoms with Gasteiger partial charge in [0.15, 0.2) is 0 Å². The van der Waals surface area contributed by atoms with Gasteiger partial charge in [-0.2, -0.15) is 0 Å². The Morgan fingerprint density at radius 2 is 1.70 bits per heavy atom. The zero-order valence-electron chi connectivity index (χ0n) is 15.3. The highest BCUT2D eigenvalue weighted by atomic mass is 35.5. The van der Waals surface area contributed by atoms with Gasteiger partial charge in [0, 0.05) is 49.5 Å². The van der Waals surface area contributed by atoms with E-state index >= 15 is 0 Å². The van der Waals surface area contributed by atoms with Crippen molar-refractivity contribution in [2.24, 2.45) is 0 Å². The molecule has 1 saturated heterocycles. The average molecular weight is 386 g/mol. The number of aromatic nitrogens is 1. The van der Waals surface area contributed by atoms with Gasteiger partial charge in [0.05, 0.1) is 5.56 Å². The molecule has 0 N–H and O–H groups in total. The van der Waals surface area contributed by atoms with E-state index in [2.05, 4.69) is 9.88 Å². The van der Waals surface area contributed by atoms with Crippen LogP contribution in [0.15, 0.2) is 42.6 Å². The summed E-state index contributed by atoms with van der Waals surface area (Å²) in [7, 11) is 0. The van der Waals surface area contributed by atoms with Gasteiger partial charge in [0.25, 0.3) is 5.91 Å². The van der Waals surface area contributed by atoms with Crippen LogP contribution < -0.4 is 4.74 Å². The van der Waals surface area contributed by atoms with Gasteiger partial charge in [-0.1, -0.05) is 24.4 Å². The lowest BCUT2D eigenvalue weighted by molar-refractivity contribution is 0.0573. The van der Waals surface area contributed by atoms with Crippen LogP contribution in [0.3, 0.4) is 0 Å². The number of hydrogen-bond acceptors (Lipinski definition) is 4. The lowest BCUT2D eigenvalue weighted by Gasteiger charge is -2.38. The predicted molar refractivity (Wildman–Crippen MR) is 105 cm³/mol. The van der Waals surface area contributed by atoms with Crippen molar-refractivity contribution >= 4 is 17.5 Å². The van der Waals surface area contributed by atoms with Crippen LogP contribution in [0.2, 0.25) is 5.02 Å². The van der Waals surface area contributed by atoms with Crippen molar-refractivity contribution in [1.29, 1.82) is 0 Å². The maximum Gasteiger partial charge on any atom is 0.255 e. The molecule has 6 heteroatoms. The van der Waals surface area contributed by atoms with E-state index in [1.54, 1.807) is 42.6 Å². The van der Waals surface area contributed by atoms with Gasteiger partial charge in [-0.25, -0.2) is 4.98 Å². The molecule has 2 aromatic rings. The molecule has 142 valence electrons. The molecule has 1 aliphatic carbocycles. The molecular weight excluding hydrogens is 362 g/mol. The van der Waals surface area contributed by atoms with Gasteiger partial charge in [0.2, 0.25) is 5.88 Å². The normalized spacial score (nSPS) is 18.6. The molecule has 5 nitrogen and oxygen atoms in total. The van der Waals surface area contributed by atoms with Crippen LogP contribution in [0.1, 0.15) is 36.0 Å². The molecular formula is C21H24ClN3O2. The second kappa shape index (κ2) is 8.28. The Hall–Kier alpha value is -2.11. The number of piperazine rings is 1. The summed E-state index contributed by atoms with van der Waals surface area (Å²) in [6.07, 6.45) is 6.91. The third kappa shape index (κ3) is 4.42. The number of pyridine rings is 1. The summed E-state index contributed by atoms with van der Waals surface area (Å²) in [6, 6.07) is 11.3. The van der Waals surface area contributed by atoms with Crippen molar-refractivity contribution in [3.8, 4) is 11.6 Å². The van der Waals surface area contributed by atoms with Crippen LogP contribution in [-0.2, 0) is 0 Å². The minimum Gasteiger partial charge on any atom is -0.439 e. The van der Waals surface area contributed by atoms with Gasteiger partial charge in [0.1, 0.15) is 5.75 Å². The molecule has 1 aromatic heterocycles. The van der Waals surface area contributed by atoms with E-state index in [1.165, 1.54) is 25.7 Å². The molecule has 0 unspecified atom stereocenters. The minimum absolute atomic E-state index is 0.0478. The molecule has 1 aliphatic heterocycles. The van der Waals surface area contributed by atoms with Crippen molar-refractivity contribution in [3.05, 3.63) is 53.2 Å². The first-order valence-corrected chi connectivity index (χ1v) is 10.00. The highest BCUT2D eigenvalue weighted by Gasteiger charge is 2.28. The molecule has 2 fully saturated rings. The van der Waals surface area contributed by atoms with E-state index in [-0.39, 0.29) is 5.91 Å². The molecule has 2 heterocycles. The van der Waals surface area contributed by atoms with Gasteiger partial charge in [-0.05, 0) is 43.2 Å². The van der Waals surface area contributed by atoms with Crippen LogP contribution in [0.5, 0.6) is 11.6 Å². The van der Waals surface area contributed by atoms with Crippen molar-refractivity contribution < 1.29 is 9.53 Å². The number of rotatable bonds is 4. The van der Waals surface area contributed by atoms with E-state index < -0.39 is 0 Å². The number of hydrogen-bond donors (Lipinski definition) is 0. The first kappa shape index (κ1) is 18.3. The Morgan fingerprint density at radius 1 is 1.00 bits per heavy atom. The van der Waals surface area contributed by atoms with Crippen molar-refractivity contribution in [1.82, 2.24) is 14.8 Å². The summed E-state index contributed by atoms with van der Waals surface area (Å²) < 4.78 is 5.68. The largest absolute Gasteiger partial charge is 0.439 e. The summed E-state index contributed by atoms with van der Waals surface area (Å²) >= 11 is 5.87. The fourth-order valence-corrected chi connectivity index (χ4v) is 4.06. The van der Waals surface area contributed by atoms with Crippen molar-refractivity contribution in [2.45, 2.75) is 31.7 Å². The number of ether oxygens (including phenoxy) is 1. The number of carbonyl (C=O) groups excluding carboxylic acids is 1. The van der Waals surface area contributed by atoms with Gasteiger partial charge in [-0.15, -0.1) is 0 Å². The zero-order valence-corrected chi connectivity index (χ0v) is 16.1. The molecule has 0 atom stereocenters. The molecule has 0 bridgehead atoms. The molecule has 4 rings (SSSR count). The smallest absolute Gasteiger partial charge is 0.255 e. The third-order valence-corrected chi connectivity index (χ3v) is 5.71. The lowest BCUT2D eigenvalue weighted by atomic mass is 10.1. The van der Waals surface area contributed by atoms with Crippen LogP contribution in [0.4, 0.5) is 0 Å². The molecule has 1 saturated carbocycles. The standard InChI is InChI=1S/C21H24ClN3O2/c22-17-6-8-19(9-7-17)27-20-10-5-16(15-23-20)21(26)25-13-11-24(12-14-25)18-3-1-2-4-18/h5-10,15,18H,1-4,11-14H2. The number of carbonyl (C=O) groups is 1. The Kier molecular flexibility index (Phi) is 5.60. The zero-order chi connectivity index (χ0) is 18.6. The van der Waals surface area contributed by atoms with Crippen molar-refractivity contribution in [2.75, 3.05) is 26.2 Å². The fraction of sp³-hybridized carbons (Fsp3) is 0.429. The molecule has 27 heavy (non-hydrogen) atoms. The summed E-state index contributed by atoms with van der Waals surface area (Å²) in [5, 5.41) is 0.657. The predicted octanol–water partition coefficient (Wildman–Crippen LogP) is 4.23. The van der Waals surface area contributed by atoms with Crippen LogP contribution >= 0.6 is 11.6 Å². The summed E-state index contributed by atoms with van der Waals surface area (Å²) in [6.45, 7) is 3.53. The van der Waals surface area contributed by atoms with Gasteiger partial charge < -0.3 is 9.64 Å². The van der Waals surface area contributed by atoms with E-state index in [9.17, 15) is 4.79 Å². The number of nitrogens with zero attached hydrogens (tertiary/aromatic N) is 3. The van der Waals surface area contributed by atoms with E-state index in [0.717, 1.165) is 32.2 Å². The third-order valence-electron chi connectivity index (χ3n) is 5.46.